The standard InChI is InChI=1S/C27H29BrN3O3P/c1-3-33-35(32,34-4-2)27(29-19-21-11-7-5-8-12-21)25-20-31(24-13-9-6-10-14-24)30-26(25)22-15-17-23(28)18-16-22/h5-18,20,27,29H,3-4,19H2,1-2H3/t27-/m0/s1. The minimum Gasteiger partial charge on any atom is -0.308 e. The third-order valence-corrected chi connectivity index (χ3v) is 8.31. The van der Waals surface area contributed by atoms with E-state index >= 15 is 0 Å². The number of nitrogens with zero attached hydrogens (tertiary/aromatic N) is 2. The smallest absolute Gasteiger partial charge is 0.308 e. The van der Waals surface area contributed by atoms with Crippen molar-refractivity contribution in [2.75, 3.05) is 13.2 Å². The minimum atomic E-state index is -3.60. The molecule has 6 nitrogen and oxygen atoms in total. The number of aromatic nitrogens is 2. The number of benzene rings is 3. The molecule has 3 aromatic carbocycles. The highest BCUT2D eigenvalue weighted by Gasteiger charge is 2.39. The molecule has 0 saturated carbocycles. The van der Waals surface area contributed by atoms with E-state index < -0.39 is 13.4 Å². The van der Waals surface area contributed by atoms with Crippen LogP contribution < -0.4 is 5.32 Å². The molecule has 35 heavy (non-hydrogen) atoms. The molecule has 0 fully saturated rings. The molecule has 1 heterocycles. The highest BCUT2D eigenvalue weighted by Crippen LogP contribution is 2.60. The first kappa shape index (κ1) is 25.5. The summed E-state index contributed by atoms with van der Waals surface area (Å²) in [6.45, 7) is 4.67. The SMILES string of the molecule is CCOP(=O)(OCC)[C@H](NCc1ccccc1)c1cn(-c2ccccc2)nc1-c1ccc(Br)cc1. The Bertz CT molecular complexity index is 1250. The second-order valence-corrected chi connectivity index (χ2v) is 10.9. The molecule has 0 bridgehead atoms. The summed E-state index contributed by atoms with van der Waals surface area (Å²) in [5.74, 6) is -0.723. The second-order valence-electron chi connectivity index (χ2n) is 7.86. The van der Waals surface area contributed by atoms with Gasteiger partial charge in [0, 0.05) is 28.3 Å². The van der Waals surface area contributed by atoms with Gasteiger partial charge in [-0.05, 0) is 43.7 Å². The van der Waals surface area contributed by atoms with Gasteiger partial charge in [0.05, 0.1) is 24.6 Å². The van der Waals surface area contributed by atoms with Gasteiger partial charge in [0.15, 0.2) is 0 Å². The summed E-state index contributed by atoms with van der Waals surface area (Å²) in [5.41, 5.74) is 4.34. The third kappa shape index (κ3) is 6.18. The van der Waals surface area contributed by atoms with Gasteiger partial charge in [0.1, 0.15) is 5.78 Å². The molecule has 0 radical (unpaired) electrons. The maximum Gasteiger partial charge on any atom is 0.352 e. The first-order chi connectivity index (χ1) is 17.0. The predicted octanol–water partition coefficient (Wildman–Crippen LogP) is 7.36. The van der Waals surface area contributed by atoms with E-state index in [0.717, 1.165) is 26.9 Å². The number of hydrogen-bond acceptors (Lipinski definition) is 5. The van der Waals surface area contributed by atoms with Crippen molar-refractivity contribution in [1.82, 2.24) is 15.1 Å². The van der Waals surface area contributed by atoms with Crippen molar-refractivity contribution in [2.24, 2.45) is 0 Å². The van der Waals surface area contributed by atoms with Crippen molar-refractivity contribution in [1.29, 1.82) is 0 Å². The van der Waals surface area contributed by atoms with Crippen molar-refractivity contribution in [3.63, 3.8) is 0 Å². The Hall–Kier alpha value is -2.54. The van der Waals surface area contributed by atoms with E-state index in [-0.39, 0.29) is 13.2 Å². The van der Waals surface area contributed by atoms with E-state index in [1.54, 1.807) is 0 Å². The van der Waals surface area contributed by atoms with Crippen LogP contribution in [-0.4, -0.2) is 23.0 Å². The summed E-state index contributed by atoms with van der Waals surface area (Å²) >= 11 is 3.51. The Morgan fingerprint density at radius 1 is 0.914 bits per heavy atom. The number of nitrogens with one attached hydrogen (secondary N) is 1. The molecule has 0 aliphatic carbocycles. The molecule has 0 aliphatic heterocycles. The van der Waals surface area contributed by atoms with Gasteiger partial charge >= 0.3 is 7.60 Å². The van der Waals surface area contributed by atoms with E-state index in [1.165, 1.54) is 0 Å². The molecule has 0 aliphatic rings. The maximum atomic E-state index is 14.2. The predicted molar refractivity (Wildman–Crippen MR) is 144 cm³/mol. The average Bonchev–Trinajstić information content (AvgIpc) is 3.31. The summed E-state index contributed by atoms with van der Waals surface area (Å²) in [6, 6.07) is 27.8. The van der Waals surface area contributed by atoms with Crippen LogP contribution in [0, 0.1) is 0 Å². The summed E-state index contributed by atoms with van der Waals surface area (Å²) in [5, 5.41) is 8.39. The molecule has 0 amide bonds. The van der Waals surface area contributed by atoms with Crippen LogP contribution in [0.4, 0.5) is 0 Å². The molecule has 0 saturated heterocycles. The average molecular weight is 554 g/mol. The quantitative estimate of drug-likeness (QED) is 0.196. The fraction of sp³-hybridized carbons (Fsp3) is 0.222. The Labute approximate surface area is 215 Å². The maximum absolute atomic E-state index is 14.2. The van der Waals surface area contributed by atoms with Gasteiger partial charge in [-0.3, -0.25) is 9.88 Å². The number of hydrogen-bond donors (Lipinski definition) is 1. The number of para-hydroxylation sites is 1. The molecule has 8 heteroatoms. The zero-order valence-corrected chi connectivity index (χ0v) is 22.3. The van der Waals surface area contributed by atoms with Gasteiger partial charge in [0.25, 0.3) is 0 Å². The molecule has 0 spiro atoms. The zero-order valence-electron chi connectivity index (χ0n) is 19.8. The van der Waals surface area contributed by atoms with Gasteiger partial charge in [-0.1, -0.05) is 76.6 Å². The lowest BCUT2D eigenvalue weighted by Gasteiger charge is -2.27. The van der Waals surface area contributed by atoms with E-state index in [2.05, 4.69) is 21.2 Å². The first-order valence-electron chi connectivity index (χ1n) is 11.6. The fourth-order valence-electron chi connectivity index (χ4n) is 3.88. The van der Waals surface area contributed by atoms with Crippen molar-refractivity contribution in [3.05, 3.63) is 107 Å². The van der Waals surface area contributed by atoms with Crippen LogP contribution in [0.5, 0.6) is 0 Å². The summed E-state index contributed by atoms with van der Waals surface area (Å²) in [7, 11) is -3.60. The lowest BCUT2D eigenvalue weighted by atomic mass is 10.1. The second kappa shape index (κ2) is 11.9. The Morgan fingerprint density at radius 3 is 2.11 bits per heavy atom. The van der Waals surface area contributed by atoms with E-state index in [1.807, 2.05) is 110 Å². The molecule has 4 aromatic rings. The molecule has 1 N–H and O–H groups in total. The van der Waals surface area contributed by atoms with Gasteiger partial charge in [0.2, 0.25) is 0 Å². The molecular formula is C27H29BrN3O3P. The fourth-order valence-corrected chi connectivity index (χ4v) is 6.08. The van der Waals surface area contributed by atoms with Crippen LogP contribution in [0.3, 0.4) is 0 Å². The summed E-state index contributed by atoms with van der Waals surface area (Å²) in [6.07, 6.45) is 1.92. The minimum absolute atomic E-state index is 0.265. The van der Waals surface area contributed by atoms with Crippen LogP contribution in [0.2, 0.25) is 0 Å². The molecule has 1 atom stereocenters. The lowest BCUT2D eigenvalue weighted by Crippen LogP contribution is -2.23. The topological polar surface area (TPSA) is 65.4 Å². The van der Waals surface area contributed by atoms with Crippen molar-refractivity contribution < 1.29 is 13.6 Å². The summed E-state index contributed by atoms with van der Waals surface area (Å²) < 4.78 is 28.6. The van der Waals surface area contributed by atoms with Crippen LogP contribution in [0.15, 0.2) is 95.6 Å². The van der Waals surface area contributed by atoms with E-state index in [0.29, 0.717) is 12.2 Å². The Kier molecular flexibility index (Phi) is 8.71. The molecule has 182 valence electrons. The zero-order chi connectivity index (χ0) is 24.7. The van der Waals surface area contributed by atoms with Gasteiger partial charge in [-0.15, -0.1) is 0 Å². The van der Waals surface area contributed by atoms with E-state index in [9.17, 15) is 4.57 Å². The van der Waals surface area contributed by atoms with Gasteiger partial charge < -0.3 is 9.05 Å². The van der Waals surface area contributed by atoms with Crippen molar-refractivity contribution in [3.8, 4) is 16.9 Å². The lowest BCUT2D eigenvalue weighted by molar-refractivity contribution is 0.207. The van der Waals surface area contributed by atoms with E-state index in [4.69, 9.17) is 14.1 Å². The van der Waals surface area contributed by atoms with Crippen LogP contribution in [-0.2, 0) is 20.2 Å². The van der Waals surface area contributed by atoms with Gasteiger partial charge in [-0.2, -0.15) is 5.10 Å². The molecule has 4 rings (SSSR count). The molecular weight excluding hydrogens is 525 g/mol. The van der Waals surface area contributed by atoms with Crippen molar-refractivity contribution >= 4 is 23.5 Å². The highest BCUT2D eigenvalue weighted by atomic mass is 79.9. The number of rotatable bonds is 11. The Morgan fingerprint density at radius 2 is 1.51 bits per heavy atom. The van der Waals surface area contributed by atoms with Gasteiger partial charge in [-0.25, -0.2) is 4.68 Å². The van der Waals surface area contributed by atoms with Crippen LogP contribution in [0.1, 0.15) is 30.8 Å². The third-order valence-electron chi connectivity index (χ3n) is 5.45. The van der Waals surface area contributed by atoms with Crippen LogP contribution in [0.25, 0.3) is 16.9 Å². The monoisotopic (exact) mass is 553 g/mol. The molecule has 0 unspecified atom stereocenters. The Balaban J connectivity index is 1.85. The first-order valence-corrected chi connectivity index (χ1v) is 14.0. The normalized spacial score (nSPS) is 12.5. The molecule has 1 aromatic heterocycles. The van der Waals surface area contributed by atoms with Crippen LogP contribution >= 0.6 is 23.5 Å². The van der Waals surface area contributed by atoms with Crippen molar-refractivity contribution in [2.45, 2.75) is 26.2 Å². The number of halogens is 1. The largest absolute Gasteiger partial charge is 0.352 e. The summed E-state index contributed by atoms with van der Waals surface area (Å²) in [4.78, 5) is 0. The highest BCUT2D eigenvalue weighted by molar-refractivity contribution is 9.10.